The fraction of sp³-hybridized carbons (Fsp3) is 0.176. The Hall–Kier alpha value is -2.82. The monoisotopic (exact) mass is 277 g/mol. The van der Waals surface area contributed by atoms with Crippen LogP contribution in [-0.2, 0) is 6.61 Å². The maximum absolute atomic E-state index is 9.02. The van der Waals surface area contributed by atoms with Crippen LogP contribution in [0.15, 0.2) is 36.5 Å². The average Bonchev–Trinajstić information content (AvgIpc) is 2.52. The van der Waals surface area contributed by atoms with E-state index in [1.165, 1.54) is 0 Å². The zero-order valence-corrected chi connectivity index (χ0v) is 11.8. The van der Waals surface area contributed by atoms with E-state index in [0.717, 1.165) is 16.7 Å². The Kier molecular flexibility index (Phi) is 4.93. The normalized spacial score (nSPS) is 9.38. The molecular weight excluding hydrogens is 262 g/mol. The number of ether oxygens (including phenoxy) is 1. The van der Waals surface area contributed by atoms with Crippen molar-refractivity contribution in [2.24, 2.45) is 5.73 Å². The van der Waals surface area contributed by atoms with Crippen molar-refractivity contribution in [2.75, 3.05) is 6.54 Å². The summed E-state index contributed by atoms with van der Waals surface area (Å²) in [5, 5.41) is 9.02. The fourth-order valence-corrected chi connectivity index (χ4v) is 1.82. The van der Waals surface area contributed by atoms with Gasteiger partial charge in [-0.2, -0.15) is 5.26 Å². The van der Waals surface area contributed by atoms with Crippen LogP contribution in [0.5, 0.6) is 5.75 Å². The van der Waals surface area contributed by atoms with Crippen LogP contribution < -0.4 is 10.5 Å². The third-order valence-corrected chi connectivity index (χ3v) is 2.84. The number of nitrogens with two attached hydrogens (primary N) is 1. The van der Waals surface area contributed by atoms with Crippen LogP contribution in [0, 0.1) is 30.1 Å². The Bertz CT molecular complexity index is 736. The molecule has 0 aliphatic rings. The summed E-state index contributed by atoms with van der Waals surface area (Å²) in [6.07, 6.45) is 1.59. The van der Waals surface area contributed by atoms with E-state index in [0.29, 0.717) is 18.0 Å². The molecule has 0 saturated carbocycles. The van der Waals surface area contributed by atoms with Gasteiger partial charge in [-0.05, 0) is 30.7 Å². The molecule has 4 heteroatoms. The molecule has 2 N–H and O–H groups in total. The van der Waals surface area contributed by atoms with Crippen LogP contribution >= 0.6 is 0 Å². The van der Waals surface area contributed by atoms with E-state index < -0.39 is 0 Å². The molecule has 1 heterocycles. The molecule has 0 saturated heterocycles. The zero-order valence-electron chi connectivity index (χ0n) is 11.8. The van der Waals surface area contributed by atoms with Crippen LogP contribution in [0.4, 0.5) is 0 Å². The smallest absolute Gasteiger partial charge is 0.147 e. The second-order valence-electron chi connectivity index (χ2n) is 4.42. The number of benzene rings is 1. The minimum atomic E-state index is 0.275. The van der Waals surface area contributed by atoms with Crippen molar-refractivity contribution < 1.29 is 4.74 Å². The second kappa shape index (κ2) is 7.09. The Morgan fingerprint density at radius 2 is 2.19 bits per heavy atom. The van der Waals surface area contributed by atoms with Crippen molar-refractivity contribution in [2.45, 2.75) is 13.5 Å². The van der Waals surface area contributed by atoms with Crippen LogP contribution in [-0.4, -0.2) is 11.5 Å². The summed E-state index contributed by atoms with van der Waals surface area (Å²) in [5.41, 5.74) is 8.43. The number of aromatic nitrogens is 1. The van der Waals surface area contributed by atoms with Crippen LogP contribution in [0.2, 0.25) is 0 Å². The maximum Gasteiger partial charge on any atom is 0.147 e. The van der Waals surface area contributed by atoms with Gasteiger partial charge in [-0.3, -0.25) is 0 Å². The number of nitrogens with zero attached hydrogens (tertiary/aromatic N) is 2. The molecule has 0 aliphatic heterocycles. The first-order valence-corrected chi connectivity index (χ1v) is 6.51. The second-order valence-corrected chi connectivity index (χ2v) is 4.42. The Balaban J connectivity index is 2.22. The molecule has 2 aromatic rings. The summed E-state index contributed by atoms with van der Waals surface area (Å²) in [7, 11) is 0. The molecule has 0 spiro atoms. The number of rotatable bonds is 3. The molecule has 4 nitrogen and oxygen atoms in total. The minimum Gasteiger partial charge on any atom is -0.487 e. The van der Waals surface area contributed by atoms with Crippen molar-refractivity contribution in [1.29, 1.82) is 5.26 Å². The molecule has 0 aliphatic carbocycles. The topological polar surface area (TPSA) is 71.9 Å². The number of pyridine rings is 1. The van der Waals surface area contributed by atoms with Crippen molar-refractivity contribution in [1.82, 2.24) is 4.98 Å². The van der Waals surface area contributed by atoms with Crippen LogP contribution in [0.1, 0.15) is 22.4 Å². The highest BCUT2D eigenvalue weighted by Crippen LogP contribution is 2.20. The summed E-state index contributed by atoms with van der Waals surface area (Å²) < 4.78 is 5.78. The van der Waals surface area contributed by atoms with E-state index in [1.807, 2.05) is 31.2 Å². The van der Waals surface area contributed by atoms with E-state index in [1.54, 1.807) is 12.3 Å². The molecule has 1 aromatic heterocycles. The van der Waals surface area contributed by atoms with Gasteiger partial charge in [0.25, 0.3) is 0 Å². The lowest BCUT2D eigenvalue weighted by Gasteiger charge is -2.09. The predicted octanol–water partition coefficient (Wildman–Crippen LogP) is 2.15. The van der Waals surface area contributed by atoms with Gasteiger partial charge in [0.05, 0.1) is 12.1 Å². The first kappa shape index (κ1) is 14.6. The standard InChI is InChI=1S/C17H15N3O/c1-13-6-7-17(14(10-13)4-2-8-18)21-12-15-5-3-9-20-16(15)11-19/h3,5-7,9-10H,8,12,18H2,1H3. The number of hydrogen-bond acceptors (Lipinski definition) is 4. The van der Waals surface area contributed by atoms with Crippen LogP contribution in [0.3, 0.4) is 0 Å². The predicted molar refractivity (Wildman–Crippen MR) is 80.4 cm³/mol. The Morgan fingerprint density at radius 1 is 1.33 bits per heavy atom. The van der Waals surface area contributed by atoms with Gasteiger partial charge < -0.3 is 10.5 Å². The van der Waals surface area contributed by atoms with Gasteiger partial charge in [-0.25, -0.2) is 4.98 Å². The highest BCUT2D eigenvalue weighted by Gasteiger charge is 2.06. The van der Waals surface area contributed by atoms with E-state index >= 15 is 0 Å². The SMILES string of the molecule is Cc1ccc(OCc2cccnc2C#N)c(C#CCN)c1. The molecule has 0 amide bonds. The summed E-state index contributed by atoms with van der Waals surface area (Å²) >= 11 is 0. The van der Waals surface area contributed by atoms with Gasteiger partial charge in [0.15, 0.2) is 0 Å². The Morgan fingerprint density at radius 3 is 2.95 bits per heavy atom. The van der Waals surface area contributed by atoms with E-state index in [-0.39, 0.29) is 6.61 Å². The molecule has 21 heavy (non-hydrogen) atoms. The van der Waals surface area contributed by atoms with Gasteiger partial charge in [0, 0.05) is 11.8 Å². The molecule has 0 radical (unpaired) electrons. The lowest BCUT2D eigenvalue weighted by molar-refractivity contribution is 0.304. The number of aryl methyl sites for hydroxylation is 1. The number of nitriles is 1. The summed E-state index contributed by atoms with van der Waals surface area (Å²) in [6, 6.07) is 11.4. The lowest BCUT2D eigenvalue weighted by Crippen LogP contribution is -2.01. The molecular formula is C17H15N3O. The highest BCUT2D eigenvalue weighted by atomic mass is 16.5. The molecule has 2 rings (SSSR count). The molecule has 0 fully saturated rings. The molecule has 0 unspecified atom stereocenters. The van der Waals surface area contributed by atoms with Crippen LogP contribution in [0.25, 0.3) is 0 Å². The summed E-state index contributed by atoms with van der Waals surface area (Å²) in [5.74, 6) is 6.50. The maximum atomic E-state index is 9.02. The molecule has 104 valence electrons. The van der Waals surface area contributed by atoms with Crippen molar-refractivity contribution in [3.8, 4) is 23.7 Å². The Labute approximate surface area is 124 Å². The molecule has 0 bridgehead atoms. The molecule has 0 atom stereocenters. The van der Waals surface area contributed by atoms with Crippen molar-refractivity contribution in [3.05, 3.63) is 58.9 Å². The first-order valence-electron chi connectivity index (χ1n) is 6.51. The van der Waals surface area contributed by atoms with Gasteiger partial charge in [-0.15, -0.1) is 0 Å². The fourth-order valence-electron chi connectivity index (χ4n) is 1.82. The zero-order chi connectivity index (χ0) is 15.1. The quantitative estimate of drug-likeness (QED) is 0.873. The minimum absolute atomic E-state index is 0.275. The van der Waals surface area contributed by atoms with Crippen molar-refractivity contribution in [3.63, 3.8) is 0 Å². The average molecular weight is 277 g/mol. The van der Waals surface area contributed by atoms with E-state index in [4.69, 9.17) is 15.7 Å². The number of hydrogen-bond donors (Lipinski definition) is 1. The van der Waals surface area contributed by atoms with E-state index in [9.17, 15) is 0 Å². The highest BCUT2D eigenvalue weighted by molar-refractivity contribution is 5.48. The largest absolute Gasteiger partial charge is 0.487 e. The summed E-state index contributed by atoms with van der Waals surface area (Å²) in [4.78, 5) is 4.01. The van der Waals surface area contributed by atoms with Gasteiger partial charge in [-0.1, -0.05) is 24.0 Å². The van der Waals surface area contributed by atoms with Gasteiger partial charge >= 0.3 is 0 Å². The third kappa shape index (κ3) is 3.82. The molecule has 1 aromatic carbocycles. The lowest BCUT2D eigenvalue weighted by atomic mass is 10.1. The third-order valence-electron chi connectivity index (χ3n) is 2.84. The van der Waals surface area contributed by atoms with Gasteiger partial charge in [0.1, 0.15) is 24.1 Å². The first-order chi connectivity index (χ1) is 10.2. The van der Waals surface area contributed by atoms with E-state index in [2.05, 4.69) is 22.9 Å². The van der Waals surface area contributed by atoms with Gasteiger partial charge in [0.2, 0.25) is 0 Å². The summed E-state index contributed by atoms with van der Waals surface area (Å²) in [6.45, 7) is 2.57. The van der Waals surface area contributed by atoms with Crippen molar-refractivity contribution >= 4 is 0 Å².